The van der Waals surface area contributed by atoms with Gasteiger partial charge in [0.1, 0.15) is 12.4 Å². The highest BCUT2D eigenvalue weighted by molar-refractivity contribution is 5.91. The molecule has 1 aromatic carbocycles. The lowest BCUT2D eigenvalue weighted by Crippen LogP contribution is -2.12. The van der Waals surface area contributed by atoms with E-state index in [2.05, 4.69) is 35.5 Å². The Bertz CT molecular complexity index is 891. The summed E-state index contributed by atoms with van der Waals surface area (Å²) in [5, 5.41) is 0. The molecule has 0 N–H and O–H groups in total. The van der Waals surface area contributed by atoms with Crippen LogP contribution >= 0.6 is 0 Å². The summed E-state index contributed by atoms with van der Waals surface area (Å²) in [6.45, 7) is 9.04. The third-order valence-electron chi connectivity index (χ3n) is 4.55. The van der Waals surface area contributed by atoms with Gasteiger partial charge < -0.3 is 13.9 Å². The average molecular weight is 351 g/mol. The quantitative estimate of drug-likeness (QED) is 0.623. The summed E-state index contributed by atoms with van der Waals surface area (Å²) in [6.07, 6.45) is 3.64. The van der Waals surface area contributed by atoms with Crippen molar-refractivity contribution in [1.82, 2.24) is 14.1 Å². The summed E-state index contributed by atoms with van der Waals surface area (Å²) in [7, 11) is 0. The van der Waals surface area contributed by atoms with Gasteiger partial charge in [0.25, 0.3) is 0 Å². The van der Waals surface area contributed by atoms with Gasteiger partial charge in [0, 0.05) is 36.4 Å². The van der Waals surface area contributed by atoms with Crippen LogP contribution in [0.2, 0.25) is 0 Å². The van der Waals surface area contributed by atoms with Crippen molar-refractivity contribution in [2.75, 3.05) is 0 Å². The molecule has 0 fully saturated rings. The van der Waals surface area contributed by atoms with Gasteiger partial charge in [-0.05, 0) is 39.3 Å². The highest BCUT2D eigenvalue weighted by Crippen LogP contribution is 2.21. The lowest BCUT2D eigenvalue weighted by atomic mass is 10.2. The molecule has 3 rings (SSSR count). The minimum Gasteiger partial charge on any atom is -0.454 e. The number of hydrogen-bond donors (Lipinski definition) is 0. The fraction of sp³-hybridized carbons (Fsp3) is 0.333. The average Bonchev–Trinajstić information content (AvgIpc) is 3.17. The van der Waals surface area contributed by atoms with Crippen molar-refractivity contribution in [2.24, 2.45) is 0 Å². The van der Waals surface area contributed by atoms with Crippen LogP contribution in [0.3, 0.4) is 0 Å². The Balaban J connectivity index is 1.70. The highest BCUT2D eigenvalue weighted by Gasteiger charge is 2.19. The number of aromatic nitrogens is 3. The van der Waals surface area contributed by atoms with Gasteiger partial charge >= 0.3 is 5.97 Å². The summed E-state index contributed by atoms with van der Waals surface area (Å²) in [5.41, 5.74) is 3.81. The molecule has 0 spiro atoms. The molecule has 0 bridgehead atoms. The van der Waals surface area contributed by atoms with Crippen LogP contribution in [0.5, 0.6) is 0 Å². The second-order valence-corrected chi connectivity index (χ2v) is 6.78. The maximum Gasteiger partial charge on any atom is 0.340 e. The fourth-order valence-electron chi connectivity index (χ4n) is 3.39. The molecule has 2 aromatic heterocycles. The highest BCUT2D eigenvalue weighted by atomic mass is 16.5. The first-order chi connectivity index (χ1) is 12.5. The number of hydrogen-bond acceptors (Lipinski definition) is 3. The summed E-state index contributed by atoms with van der Waals surface area (Å²) in [5.74, 6) is 0.430. The first kappa shape index (κ1) is 18.0. The van der Waals surface area contributed by atoms with Crippen LogP contribution in [0, 0.1) is 13.8 Å². The second-order valence-electron chi connectivity index (χ2n) is 6.78. The first-order valence-electron chi connectivity index (χ1n) is 8.87. The zero-order chi connectivity index (χ0) is 18.7. The number of benzene rings is 1. The molecule has 3 aromatic rings. The molecule has 0 aliphatic heterocycles. The Morgan fingerprint density at radius 3 is 2.58 bits per heavy atom. The van der Waals surface area contributed by atoms with Crippen LogP contribution in [0.15, 0.2) is 48.8 Å². The lowest BCUT2D eigenvalue weighted by Gasteiger charge is -2.13. The van der Waals surface area contributed by atoms with Crippen molar-refractivity contribution in [1.29, 1.82) is 0 Å². The minimum atomic E-state index is -0.306. The van der Waals surface area contributed by atoms with E-state index in [1.54, 1.807) is 6.20 Å². The number of esters is 1. The fourth-order valence-corrected chi connectivity index (χ4v) is 3.39. The first-order valence-corrected chi connectivity index (χ1v) is 8.87. The molecule has 26 heavy (non-hydrogen) atoms. The third kappa shape index (κ3) is 3.72. The lowest BCUT2D eigenvalue weighted by molar-refractivity contribution is 0.0457. The molecular weight excluding hydrogens is 326 g/mol. The molecule has 0 saturated heterocycles. The van der Waals surface area contributed by atoms with Gasteiger partial charge in [0.2, 0.25) is 0 Å². The molecule has 0 radical (unpaired) electrons. The van der Waals surface area contributed by atoms with Crippen molar-refractivity contribution < 1.29 is 9.53 Å². The van der Waals surface area contributed by atoms with E-state index in [0.29, 0.717) is 18.2 Å². The van der Waals surface area contributed by atoms with Gasteiger partial charge in [-0.1, -0.05) is 30.3 Å². The maximum absolute atomic E-state index is 12.5. The molecule has 0 unspecified atom stereocenters. The van der Waals surface area contributed by atoms with Gasteiger partial charge in [-0.2, -0.15) is 0 Å². The molecule has 0 atom stereocenters. The Morgan fingerprint density at radius 1 is 1.19 bits per heavy atom. The van der Waals surface area contributed by atoms with Gasteiger partial charge in [-0.3, -0.25) is 0 Å². The van der Waals surface area contributed by atoms with Crippen LogP contribution in [0.4, 0.5) is 0 Å². The summed E-state index contributed by atoms with van der Waals surface area (Å²) >= 11 is 0. The van der Waals surface area contributed by atoms with Gasteiger partial charge in [0.05, 0.1) is 5.56 Å². The molecular formula is C21H25N3O2. The Kier molecular flexibility index (Phi) is 5.26. The van der Waals surface area contributed by atoms with Crippen molar-refractivity contribution in [3.63, 3.8) is 0 Å². The zero-order valence-corrected chi connectivity index (χ0v) is 15.8. The van der Waals surface area contributed by atoms with Crippen LogP contribution < -0.4 is 0 Å². The molecule has 0 saturated carbocycles. The van der Waals surface area contributed by atoms with E-state index < -0.39 is 0 Å². The summed E-state index contributed by atoms with van der Waals surface area (Å²) in [6, 6.07) is 12.4. The Morgan fingerprint density at radius 2 is 1.92 bits per heavy atom. The van der Waals surface area contributed by atoms with Crippen molar-refractivity contribution >= 4 is 5.97 Å². The molecule has 136 valence electrons. The van der Waals surface area contributed by atoms with E-state index in [1.807, 2.05) is 48.9 Å². The third-order valence-corrected chi connectivity index (χ3v) is 4.55. The van der Waals surface area contributed by atoms with Gasteiger partial charge in [-0.15, -0.1) is 0 Å². The minimum absolute atomic E-state index is 0.157. The number of ether oxygens (including phenoxy) is 1. The van der Waals surface area contributed by atoms with Gasteiger partial charge in [-0.25, -0.2) is 9.78 Å². The van der Waals surface area contributed by atoms with Crippen molar-refractivity contribution in [3.8, 4) is 0 Å². The van der Waals surface area contributed by atoms with E-state index in [-0.39, 0.29) is 12.6 Å². The predicted octanol–water partition coefficient (Wildman–Crippen LogP) is 4.29. The van der Waals surface area contributed by atoms with E-state index >= 15 is 0 Å². The zero-order valence-electron chi connectivity index (χ0n) is 15.8. The van der Waals surface area contributed by atoms with Crippen molar-refractivity contribution in [3.05, 3.63) is 77.1 Å². The standard InChI is InChI=1S/C21H25N3O2/c1-15(2)24-16(3)12-19(17(24)4)21(25)26-14-20-22-10-11-23(20)13-18-8-6-5-7-9-18/h5-12,15H,13-14H2,1-4H3. The molecule has 0 aliphatic carbocycles. The van der Waals surface area contributed by atoms with Gasteiger partial charge in [0.15, 0.2) is 0 Å². The summed E-state index contributed by atoms with van der Waals surface area (Å²) in [4.78, 5) is 16.9. The SMILES string of the molecule is Cc1cc(C(=O)OCc2nccn2Cc2ccccc2)c(C)n1C(C)C. The van der Waals surface area contributed by atoms with E-state index in [0.717, 1.165) is 17.2 Å². The van der Waals surface area contributed by atoms with E-state index in [9.17, 15) is 4.79 Å². The predicted molar refractivity (Wildman–Crippen MR) is 101 cm³/mol. The molecule has 0 amide bonds. The number of rotatable bonds is 6. The summed E-state index contributed by atoms with van der Waals surface area (Å²) < 4.78 is 9.69. The number of carbonyl (C=O) groups is 1. The monoisotopic (exact) mass is 351 g/mol. The number of aryl methyl sites for hydroxylation is 1. The normalized spacial score (nSPS) is 11.1. The van der Waals surface area contributed by atoms with Crippen LogP contribution in [-0.2, 0) is 17.9 Å². The van der Waals surface area contributed by atoms with E-state index in [4.69, 9.17) is 4.74 Å². The Labute approximate surface area is 154 Å². The molecule has 2 heterocycles. The van der Waals surface area contributed by atoms with E-state index in [1.165, 1.54) is 5.56 Å². The number of nitrogens with zero attached hydrogens (tertiary/aromatic N) is 3. The topological polar surface area (TPSA) is 49.0 Å². The largest absolute Gasteiger partial charge is 0.454 e. The van der Waals surface area contributed by atoms with Crippen molar-refractivity contribution in [2.45, 2.75) is 46.9 Å². The molecule has 5 nitrogen and oxygen atoms in total. The Hall–Kier alpha value is -2.82. The molecule has 5 heteroatoms. The molecule has 0 aliphatic rings. The smallest absolute Gasteiger partial charge is 0.340 e. The maximum atomic E-state index is 12.5. The van der Waals surface area contributed by atoms with Crippen LogP contribution in [0.25, 0.3) is 0 Å². The van der Waals surface area contributed by atoms with Crippen LogP contribution in [-0.4, -0.2) is 20.1 Å². The number of imidazole rings is 1. The second kappa shape index (κ2) is 7.60. The van der Waals surface area contributed by atoms with Crippen LogP contribution in [0.1, 0.15) is 53.0 Å². The number of carbonyl (C=O) groups excluding carboxylic acids is 1.